The maximum Gasteiger partial charge on any atom is 0.220 e. The van der Waals surface area contributed by atoms with E-state index >= 15 is 0 Å². The third-order valence-corrected chi connectivity index (χ3v) is 15.3. The van der Waals surface area contributed by atoms with Gasteiger partial charge in [-0.05, 0) is 23.6 Å². The Morgan fingerprint density at radius 1 is 1.03 bits per heavy atom. The Morgan fingerprint density at radius 3 is 2.12 bits per heavy atom. The maximum atomic E-state index is 13.8. The van der Waals surface area contributed by atoms with Crippen molar-refractivity contribution < 1.29 is 9.90 Å². The fourth-order valence-corrected chi connectivity index (χ4v) is 17.2. The predicted octanol–water partition coefficient (Wildman–Crippen LogP) is 5.16. The second kappa shape index (κ2) is 8.74. The summed E-state index contributed by atoms with van der Waals surface area (Å²) in [6, 6.07) is 13.1. The Morgan fingerprint density at radius 2 is 1.61 bits per heavy atom. The number of aromatic amines is 1. The largest absolute Gasteiger partial charge is 0.369 e. The van der Waals surface area contributed by atoms with Crippen LogP contribution in [0.15, 0.2) is 42.5 Å². The highest BCUT2D eigenvalue weighted by Gasteiger charge is 2.46. The Balaban J connectivity index is 2.22. The lowest BCUT2D eigenvalue weighted by molar-refractivity contribution is -0.126. The van der Waals surface area contributed by atoms with Gasteiger partial charge in [0.05, 0.1) is 27.2 Å². The third-order valence-electron chi connectivity index (χ3n) is 6.16. The molecule has 178 valence electrons. The first-order chi connectivity index (χ1) is 15.1. The number of rotatable bonds is 7. The highest BCUT2D eigenvalue weighted by molar-refractivity contribution is 7.00. The normalized spacial score (nSPS) is 14.6. The van der Waals surface area contributed by atoms with Gasteiger partial charge in [-0.3, -0.25) is 4.79 Å². The van der Waals surface area contributed by atoms with E-state index in [9.17, 15) is 9.90 Å². The van der Waals surface area contributed by atoms with E-state index in [0.717, 1.165) is 16.6 Å². The molecule has 2 aromatic carbocycles. The van der Waals surface area contributed by atoms with Crippen LogP contribution in [-0.4, -0.2) is 37.1 Å². The van der Waals surface area contributed by atoms with Crippen LogP contribution in [0.2, 0.25) is 44.4 Å². The van der Waals surface area contributed by atoms with Gasteiger partial charge in [-0.15, -0.1) is 0 Å². The number of amides is 1. The van der Waals surface area contributed by atoms with Crippen LogP contribution in [0.5, 0.6) is 0 Å². The number of benzene rings is 2. The van der Waals surface area contributed by atoms with E-state index in [1.165, 1.54) is 0 Å². The molecule has 0 spiro atoms. The number of carbonyl (C=O) groups is 1. The van der Waals surface area contributed by atoms with Gasteiger partial charge in [0, 0.05) is 16.3 Å². The molecule has 0 fully saturated rings. The molecule has 0 radical (unpaired) electrons. The van der Waals surface area contributed by atoms with Crippen molar-refractivity contribution in [2.24, 2.45) is 0 Å². The molecular formula is C25H38N4O2Si2. The molecular weight excluding hydrogens is 444 g/mol. The van der Waals surface area contributed by atoms with Crippen LogP contribution in [0.25, 0.3) is 11.0 Å². The number of carbonyl (C=O) groups excluding carboxylic acids is 1. The van der Waals surface area contributed by atoms with Crippen LogP contribution in [-0.2, 0) is 10.5 Å². The van der Waals surface area contributed by atoms with Crippen molar-refractivity contribution in [1.29, 1.82) is 0 Å². The lowest BCUT2D eigenvalue weighted by atomic mass is 9.90. The molecule has 0 aliphatic rings. The minimum atomic E-state index is -1.85. The maximum absolute atomic E-state index is 13.8. The molecule has 1 atom stereocenters. The number of imidazole rings is 1. The summed E-state index contributed by atoms with van der Waals surface area (Å²) in [4.78, 5) is 21.4. The van der Waals surface area contributed by atoms with Gasteiger partial charge in [0.2, 0.25) is 5.91 Å². The van der Waals surface area contributed by atoms with Gasteiger partial charge in [0.25, 0.3) is 0 Å². The summed E-state index contributed by atoms with van der Waals surface area (Å²) >= 11 is 0. The number of fused-ring (bicyclic) bond motifs is 1. The quantitative estimate of drug-likeness (QED) is 0.276. The number of aromatic nitrogens is 2. The van der Waals surface area contributed by atoms with E-state index in [1.54, 1.807) is 0 Å². The van der Waals surface area contributed by atoms with Gasteiger partial charge < -0.3 is 21.1 Å². The first kappa shape index (κ1) is 25.2. The van der Waals surface area contributed by atoms with Crippen LogP contribution in [0.3, 0.4) is 0 Å². The van der Waals surface area contributed by atoms with Crippen molar-refractivity contribution in [1.82, 2.24) is 15.3 Å². The van der Waals surface area contributed by atoms with Gasteiger partial charge in [-0.2, -0.15) is 0 Å². The lowest BCUT2D eigenvalue weighted by Crippen LogP contribution is -2.57. The van der Waals surface area contributed by atoms with Crippen LogP contribution in [0.4, 0.5) is 5.95 Å². The summed E-state index contributed by atoms with van der Waals surface area (Å²) in [6.07, 6.45) is 0. The summed E-state index contributed by atoms with van der Waals surface area (Å²) in [5.74, 6) is 0.409. The second-order valence-electron chi connectivity index (χ2n) is 11.5. The molecule has 1 unspecified atom stereocenters. The fourth-order valence-electron chi connectivity index (χ4n) is 5.14. The molecule has 1 aromatic heterocycles. The summed E-state index contributed by atoms with van der Waals surface area (Å²) in [7, 11) is -3.70. The zero-order valence-corrected chi connectivity index (χ0v) is 23.1. The number of nitrogen functional groups attached to an aromatic ring is 1. The monoisotopic (exact) mass is 482 g/mol. The Kier molecular flexibility index (Phi) is 6.67. The first-order valence-electron chi connectivity index (χ1n) is 11.5. The van der Waals surface area contributed by atoms with E-state index in [4.69, 9.17) is 5.73 Å². The van der Waals surface area contributed by atoms with Crippen LogP contribution in [0, 0.1) is 0 Å². The highest BCUT2D eigenvalue weighted by atomic mass is 28.4. The molecule has 1 amide bonds. The number of H-pyrrole nitrogens is 1. The number of anilines is 1. The number of hydrogen-bond donors (Lipinski definition) is 4. The number of hydrogen-bond acceptors (Lipinski definition) is 4. The minimum Gasteiger partial charge on any atom is -0.369 e. The molecule has 3 rings (SSSR count). The zero-order chi connectivity index (χ0) is 24.8. The molecule has 0 aliphatic heterocycles. The summed E-state index contributed by atoms with van der Waals surface area (Å²) < 4.78 is 0. The number of nitrogens with two attached hydrogens (primary N) is 1. The average Bonchev–Trinajstić information content (AvgIpc) is 3.05. The molecule has 5 N–H and O–H groups in total. The van der Waals surface area contributed by atoms with Crippen LogP contribution >= 0.6 is 0 Å². The predicted molar refractivity (Wildman–Crippen MR) is 143 cm³/mol. The van der Waals surface area contributed by atoms with E-state index in [-0.39, 0.29) is 17.0 Å². The zero-order valence-electron chi connectivity index (χ0n) is 21.1. The van der Waals surface area contributed by atoms with E-state index in [0.29, 0.717) is 17.1 Å². The van der Waals surface area contributed by atoms with Crippen molar-refractivity contribution in [3.8, 4) is 0 Å². The average molecular weight is 483 g/mol. The van der Waals surface area contributed by atoms with Gasteiger partial charge in [0.15, 0.2) is 11.7 Å². The Hall–Kier alpha value is -2.43. The van der Waals surface area contributed by atoms with Gasteiger partial charge in [-0.25, -0.2) is 4.98 Å². The van der Waals surface area contributed by atoms with E-state index in [2.05, 4.69) is 68.4 Å². The van der Waals surface area contributed by atoms with Crippen LogP contribution in [0.1, 0.15) is 36.5 Å². The van der Waals surface area contributed by atoms with Crippen molar-refractivity contribution >= 4 is 39.0 Å². The standard InChI is InChI=1S/C25H38N4O2Si2/c1-16(2)19-14-18(15-20-21(19)28-24(26)27-20)25(31,17-12-10-9-11-13-17)29-22(30)23(32(3,4)5)33(6,7)8/h9-16,23,31H,1-8H3,(H,29,30)(H3,26,27,28). The molecule has 8 heteroatoms. The molecule has 6 nitrogen and oxygen atoms in total. The fraction of sp³-hybridized carbons (Fsp3) is 0.440. The van der Waals surface area contributed by atoms with Crippen molar-refractivity contribution in [3.63, 3.8) is 0 Å². The summed E-state index contributed by atoms with van der Waals surface area (Å²) in [5.41, 5.74) is 7.97. The number of nitrogens with zero attached hydrogens (tertiary/aromatic N) is 1. The Bertz CT molecular complexity index is 1130. The highest BCUT2D eigenvalue weighted by Crippen LogP contribution is 2.37. The van der Waals surface area contributed by atoms with Crippen molar-refractivity contribution in [3.05, 3.63) is 59.2 Å². The molecule has 0 saturated heterocycles. The molecule has 0 bridgehead atoms. The van der Waals surface area contributed by atoms with Gasteiger partial charge in [0.1, 0.15) is 0 Å². The van der Waals surface area contributed by atoms with E-state index < -0.39 is 21.9 Å². The van der Waals surface area contributed by atoms with E-state index in [1.807, 2.05) is 42.5 Å². The molecule has 3 aromatic rings. The summed E-state index contributed by atoms with van der Waals surface area (Å²) in [6.45, 7) is 17.5. The topological polar surface area (TPSA) is 104 Å². The van der Waals surface area contributed by atoms with Crippen molar-refractivity contribution in [2.45, 2.75) is 69.9 Å². The second-order valence-corrected chi connectivity index (χ2v) is 22.7. The minimum absolute atomic E-state index is 0.0589. The lowest BCUT2D eigenvalue weighted by Gasteiger charge is -2.40. The molecule has 0 aliphatic carbocycles. The molecule has 1 heterocycles. The molecule has 33 heavy (non-hydrogen) atoms. The third kappa shape index (κ3) is 5.07. The summed E-state index contributed by atoms with van der Waals surface area (Å²) in [5, 5.41) is 15.2. The van der Waals surface area contributed by atoms with Gasteiger partial charge in [-0.1, -0.05) is 83.5 Å². The number of aliphatic hydroxyl groups is 1. The van der Waals surface area contributed by atoms with Crippen LogP contribution < -0.4 is 11.1 Å². The SMILES string of the molecule is CC(C)c1cc(C(O)(NC(=O)C([Si](C)(C)C)[Si](C)(C)C)c2ccccc2)cc2[nH]c(N)nc12. The van der Waals surface area contributed by atoms with Crippen molar-refractivity contribution in [2.75, 3.05) is 5.73 Å². The first-order valence-corrected chi connectivity index (χ1v) is 18.7. The smallest absolute Gasteiger partial charge is 0.220 e. The van der Waals surface area contributed by atoms with Gasteiger partial charge >= 0.3 is 0 Å². The number of nitrogens with one attached hydrogen (secondary N) is 2. The Labute approximate surface area is 199 Å². The molecule has 0 saturated carbocycles.